The molecule has 4 nitrogen and oxygen atoms in total. The van der Waals surface area contributed by atoms with Gasteiger partial charge in [-0.15, -0.1) is 0 Å². The minimum Gasteiger partial charge on any atom is -0.399 e. The number of nitrogen functional groups attached to an aromatic ring is 1. The zero-order chi connectivity index (χ0) is 11.4. The zero-order valence-electron chi connectivity index (χ0n) is 9.20. The molecule has 1 atom stereocenters. The zero-order valence-corrected chi connectivity index (χ0v) is 9.20. The van der Waals surface area contributed by atoms with Crippen LogP contribution in [0.5, 0.6) is 0 Å². The quantitative estimate of drug-likeness (QED) is 0.653. The molecule has 1 amide bonds. The highest BCUT2D eigenvalue weighted by molar-refractivity contribution is 5.81. The molecule has 2 rings (SSSR count). The lowest BCUT2D eigenvalue weighted by atomic mass is 10.2. The third kappa shape index (κ3) is 2.73. The van der Waals surface area contributed by atoms with Crippen LogP contribution in [0.2, 0.25) is 0 Å². The molecule has 1 saturated heterocycles. The lowest BCUT2D eigenvalue weighted by Gasteiger charge is -2.11. The smallest absolute Gasteiger partial charge is 0.237 e. The van der Waals surface area contributed by atoms with E-state index in [-0.39, 0.29) is 11.9 Å². The second kappa shape index (κ2) is 4.99. The minimum absolute atomic E-state index is 0.00576. The van der Waals surface area contributed by atoms with Gasteiger partial charge in [0.1, 0.15) is 0 Å². The molecule has 1 aromatic rings. The average molecular weight is 219 g/mol. The molecule has 0 saturated carbocycles. The first-order valence-corrected chi connectivity index (χ1v) is 5.61. The predicted molar refractivity (Wildman–Crippen MR) is 63.7 cm³/mol. The Morgan fingerprint density at radius 3 is 2.81 bits per heavy atom. The summed E-state index contributed by atoms with van der Waals surface area (Å²) in [4.78, 5) is 11.7. The molecule has 4 N–H and O–H groups in total. The molecule has 1 aliphatic rings. The van der Waals surface area contributed by atoms with Crippen molar-refractivity contribution in [3.05, 3.63) is 29.8 Å². The summed E-state index contributed by atoms with van der Waals surface area (Å²) in [6.45, 7) is 1.51. The summed E-state index contributed by atoms with van der Waals surface area (Å²) >= 11 is 0. The molecule has 1 aliphatic heterocycles. The van der Waals surface area contributed by atoms with Crippen LogP contribution in [0.25, 0.3) is 0 Å². The summed E-state index contributed by atoms with van der Waals surface area (Å²) < 4.78 is 0. The highest BCUT2D eigenvalue weighted by Crippen LogP contribution is 2.07. The van der Waals surface area contributed by atoms with Crippen LogP contribution >= 0.6 is 0 Å². The van der Waals surface area contributed by atoms with Gasteiger partial charge in [0.05, 0.1) is 6.04 Å². The maximum atomic E-state index is 11.7. The first-order valence-electron chi connectivity index (χ1n) is 5.61. The van der Waals surface area contributed by atoms with Crippen LogP contribution in [0.15, 0.2) is 24.3 Å². The van der Waals surface area contributed by atoms with Gasteiger partial charge in [-0.25, -0.2) is 0 Å². The van der Waals surface area contributed by atoms with Crippen LogP contribution in [-0.2, 0) is 11.3 Å². The van der Waals surface area contributed by atoms with Crippen LogP contribution in [0.3, 0.4) is 0 Å². The van der Waals surface area contributed by atoms with E-state index in [1.807, 2.05) is 24.3 Å². The van der Waals surface area contributed by atoms with E-state index >= 15 is 0 Å². The molecule has 1 heterocycles. The number of hydrogen-bond donors (Lipinski definition) is 3. The number of nitrogens with one attached hydrogen (secondary N) is 2. The van der Waals surface area contributed by atoms with E-state index in [2.05, 4.69) is 10.6 Å². The van der Waals surface area contributed by atoms with E-state index in [0.717, 1.165) is 30.6 Å². The number of carbonyl (C=O) groups is 1. The van der Waals surface area contributed by atoms with Gasteiger partial charge < -0.3 is 16.4 Å². The number of nitrogens with two attached hydrogens (primary N) is 1. The first kappa shape index (κ1) is 11.0. The molecule has 16 heavy (non-hydrogen) atoms. The second-order valence-electron chi connectivity index (χ2n) is 4.11. The van der Waals surface area contributed by atoms with Crippen molar-refractivity contribution in [1.82, 2.24) is 10.6 Å². The van der Waals surface area contributed by atoms with Gasteiger partial charge in [0.2, 0.25) is 5.91 Å². The molecule has 0 radical (unpaired) electrons. The van der Waals surface area contributed by atoms with Crippen molar-refractivity contribution in [2.45, 2.75) is 25.4 Å². The van der Waals surface area contributed by atoms with Gasteiger partial charge in [-0.1, -0.05) is 12.1 Å². The summed E-state index contributed by atoms with van der Waals surface area (Å²) in [5.74, 6) is 0.0920. The van der Waals surface area contributed by atoms with Crippen molar-refractivity contribution in [3.8, 4) is 0 Å². The standard InChI is InChI=1S/C12H17N3O/c13-10-5-3-9(4-6-10)8-15-12(16)11-2-1-7-14-11/h3-6,11,14H,1-2,7-8,13H2,(H,15,16). The molecular weight excluding hydrogens is 202 g/mol. The maximum absolute atomic E-state index is 11.7. The molecule has 0 aromatic heterocycles. The monoisotopic (exact) mass is 219 g/mol. The third-order valence-corrected chi connectivity index (χ3v) is 2.82. The summed E-state index contributed by atoms with van der Waals surface area (Å²) in [6, 6.07) is 7.54. The summed E-state index contributed by atoms with van der Waals surface area (Å²) in [6.07, 6.45) is 2.02. The van der Waals surface area contributed by atoms with Crippen LogP contribution in [0.4, 0.5) is 5.69 Å². The van der Waals surface area contributed by atoms with Gasteiger partial charge in [0.25, 0.3) is 0 Å². The molecule has 4 heteroatoms. The van der Waals surface area contributed by atoms with Crippen molar-refractivity contribution >= 4 is 11.6 Å². The Morgan fingerprint density at radius 1 is 1.44 bits per heavy atom. The van der Waals surface area contributed by atoms with Crippen LogP contribution in [0, 0.1) is 0 Å². The third-order valence-electron chi connectivity index (χ3n) is 2.82. The Kier molecular flexibility index (Phi) is 3.41. The first-order chi connectivity index (χ1) is 7.75. The van der Waals surface area contributed by atoms with Gasteiger partial charge >= 0.3 is 0 Å². The van der Waals surface area contributed by atoms with Crippen LogP contribution in [0.1, 0.15) is 18.4 Å². The fraction of sp³-hybridized carbons (Fsp3) is 0.417. The Labute approximate surface area is 95.2 Å². The number of amides is 1. The van der Waals surface area contributed by atoms with Gasteiger partial charge in [0.15, 0.2) is 0 Å². The Balaban J connectivity index is 1.82. The minimum atomic E-state index is -0.00576. The molecule has 1 fully saturated rings. The molecular formula is C12H17N3O. The van der Waals surface area contributed by atoms with Gasteiger partial charge in [0, 0.05) is 12.2 Å². The Morgan fingerprint density at radius 2 is 2.19 bits per heavy atom. The van der Waals surface area contributed by atoms with E-state index in [9.17, 15) is 4.79 Å². The Bertz CT molecular complexity index is 355. The van der Waals surface area contributed by atoms with E-state index < -0.39 is 0 Å². The lowest BCUT2D eigenvalue weighted by Crippen LogP contribution is -2.39. The highest BCUT2D eigenvalue weighted by atomic mass is 16.2. The highest BCUT2D eigenvalue weighted by Gasteiger charge is 2.21. The number of hydrogen-bond acceptors (Lipinski definition) is 3. The lowest BCUT2D eigenvalue weighted by molar-refractivity contribution is -0.122. The van der Waals surface area contributed by atoms with Crippen LogP contribution in [-0.4, -0.2) is 18.5 Å². The fourth-order valence-electron chi connectivity index (χ4n) is 1.86. The molecule has 86 valence electrons. The molecule has 0 aliphatic carbocycles. The van der Waals surface area contributed by atoms with E-state index in [1.165, 1.54) is 0 Å². The SMILES string of the molecule is Nc1ccc(CNC(=O)C2CCCN2)cc1. The molecule has 0 spiro atoms. The fourth-order valence-corrected chi connectivity index (χ4v) is 1.86. The molecule has 0 bridgehead atoms. The van der Waals surface area contributed by atoms with Crippen molar-refractivity contribution in [1.29, 1.82) is 0 Å². The van der Waals surface area contributed by atoms with Crippen molar-refractivity contribution in [2.24, 2.45) is 0 Å². The maximum Gasteiger partial charge on any atom is 0.237 e. The van der Waals surface area contributed by atoms with E-state index in [0.29, 0.717) is 6.54 Å². The molecule has 1 aromatic carbocycles. The van der Waals surface area contributed by atoms with Crippen LogP contribution < -0.4 is 16.4 Å². The van der Waals surface area contributed by atoms with Gasteiger partial charge in [-0.05, 0) is 37.1 Å². The number of rotatable bonds is 3. The largest absolute Gasteiger partial charge is 0.399 e. The van der Waals surface area contributed by atoms with E-state index in [1.54, 1.807) is 0 Å². The van der Waals surface area contributed by atoms with Crippen molar-refractivity contribution in [3.63, 3.8) is 0 Å². The topological polar surface area (TPSA) is 67.1 Å². The summed E-state index contributed by atoms with van der Waals surface area (Å²) in [5, 5.41) is 6.09. The Hall–Kier alpha value is -1.55. The van der Waals surface area contributed by atoms with Gasteiger partial charge in [-0.2, -0.15) is 0 Å². The number of anilines is 1. The van der Waals surface area contributed by atoms with Gasteiger partial charge in [-0.3, -0.25) is 4.79 Å². The predicted octanol–water partition coefficient (Wildman–Crippen LogP) is 0.637. The van der Waals surface area contributed by atoms with Crippen molar-refractivity contribution < 1.29 is 4.79 Å². The second-order valence-corrected chi connectivity index (χ2v) is 4.11. The van der Waals surface area contributed by atoms with Crippen molar-refractivity contribution in [2.75, 3.05) is 12.3 Å². The normalized spacial score (nSPS) is 19.6. The summed E-state index contributed by atoms with van der Waals surface area (Å²) in [5.41, 5.74) is 7.40. The average Bonchev–Trinajstić information content (AvgIpc) is 2.81. The molecule has 1 unspecified atom stereocenters. The number of carbonyl (C=O) groups excluding carboxylic acids is 1. The number of benzene rings is 1. The summed E-state index contributed by atoms with van der Waals surface area (Å²) in [7, 11) is 0. The van der Waals surface area contributed by atoms with E-state index in [4.69, 9.17) is 5.73 Å².